The molecule has 0 atom stereocenters. The predicted octanol–water partition coefficient (Wildman–Crippen LogP) is 3.05. The van der Waals surface area contributed by atoms with Gasteiger partial charge in [-0.15, -0.1) is 11.3 Å². The molecule has 0 fully saturated rings. The first-order valence-electron chi connectivity index (χ1n) is 5.27. The molecule has 0 aliphatic heterocycles. The van der Waals surface area contributed by atoms with Crippen LogP contribution in [0.5, 0.6) is 0 Å². The van der Waals surface area contributed by atoms with Crippen molar-refractivity contribution in [3.8, 4) is 0 Å². The summed E-state index contributed by atoms with van der Waals surface area (Å²) in [5.74, 6) is 0.165. The van der Waals surface area contributed by atoms with Crippen LogP contribution >= 0.6 is 11.3 Å². The number of Topliss-reactive ketones (excluding diaryl/α,β-unsaturated/α-hetero) is 1. The summed E-state index contributed by atoms with van der Waals surface area (Å²) in [5, 5.41) is 3.42. The van der Waals surface area contributed by atoms with E-state index in [9.17, 15) is 4.79 Å². The van der Waals surface area contributed by atoms with Crippen LogP contribution in [0, 0.1) is 0 Å². The molecule has 0 unspecified atom stereocenters. The van der Waals surface area contributed by atoms with Crippen molar-refractivity contribution in [2.24, 2.45) is 0 Å². The number of fused-ring (bicyclic) bond motifs is 1. The van der Waals surface area contributed by atoms with Crippen LogP contribution in [0.15, 0.2) is 29.6 Å². The number of thiophene rings is 1. The van der Waals surface area contributed by atoms with E-state index in [0.717, 1.165) is 6.42 Å². The van der Waals surface area contributed by atoms with E-state index in [1.54, 1.807) is 18.4 Å². The molecule has 0 saturated carbocycles. The maximum atomic E-state index is 11.4. The second-order valence-corrected chi connectivity index (χ2v) is 4.64. The third kappa shape index (κ3) is 2.49. The van der Waals surface area contributed by atoms with E-state index in [1.165, 1.54) is 15.6 Å². The Morgan fingerprint density at radius 3 is 3.00 bits per heavy atom. The summed E-state index contributed by atoms with van der Waals surface area (Å²) in [4.78, 5) is 11.4. The number of methoxy groups -OCH3 is 1. The molecular formula is C13H14O2S. The van der Waals surface area contributed by atoms with Crippen molar-refractivity contribution in [3.63, 3.8) is 0 Å². The standard InChI is InChI=1S/C13H14O2S/c1-15-8-11(14)7-6-10-9-16-13-5-3-2-4-12(10)13/h2-5,9H,6-8H2,1H3. The number of ketones is 1. The minimum absolute atomic E-state index is 0.165. The van der Waals surface area contributed by atoms with Gasteiger partial charge < -0.3 is 4.74 Å². The Balaban J connectivity index is 2.07. The Hall–Kier alpha value is -1.19. The molecule has 0 N–H and O–H groups in total. The van der Waals surface area contributed by atoms with Crippen LogP contribution in [0.1, 0.15) is 12.0 Å². The molecule has 3 heteroatoms. The molecule has 16 heavy (non-hydrogen) atoms. The number of carbonyl (C=O) groups excluding carboxylic acids is 1. The van der Waals surface area contributed by atoms with Crippen LogP contribution in [0.3, 0.4) is 0 Å². The molecule has 84 valence electrons. The highest BCUT2D eigenvalue weighted by molar-refractivity contribution is 7.17. The summed E-state index contributed by atoms with van der Waals surface area (Å²) >= 11 is 1.74. The summed E-state index contributed by atoms with van der Waals surface area (Å²) in [6.07, 6.45) is 1.38. The van der Waals surface area contributed by atoms with Crippen LogP contribution in [0.25, 0.3) is 10.1 Å². The summed E-state index contributed by atoms with van der Waals surface area (Å²) in [5.41, 5.74) is 1.27. The monoisotopic (exact) mass is 234 g/mol. The number of hydrogen-bond donors (Lipinski definition) is 0. The first kappa shape index (κ1) is 11.3. The van der Waals surface area contributed by atoms with Crippen molar-refractivity contribution in [2.45, 2.75) is 12.8 Å². The Morgan fingerprint density at radius 1 is 1.38 bits per heavy atom. The van der Waals surface area contributed by atoms with E-state index in [1.807, 2.05) is 12.1 Å². The zero-order chi connectivity index (χ0) is 11.4. The first-order valence-corrected chi connectivity index (χ1v) is 6.15. The van der Waals surface area contributed by atoms with Gasteiger partial charge in [-0.1, -0.05) is 18.2 Å². The Morgan fingerprint density at radius 2 is 2.19 bits per heavy atom. The molecule has 0 radical (unpaired) electrons. The second kappa shape index (κ2) is 5.23. The van der Waals surface area contributed by atoms with Gasteiger partial charge in [0.2, 0.25) is 0 Å². The van der Waals surface area contributed by atoms with Crippen molar-refractivity contribution >= 4 is 27.2 Å². The molecule has 0 amide bonds. The van der Waals surface area contributed by atoms with Gasteiger partial charge in [0, 0.05) is 18.2 Å². The largest absolute Gasteiger partial charge is 0.377 e. The fraction of sp³-hybridized carbons (Fsp3) is 0.308. The minimum Gasteiger partial charge on any atom is -0.377 e. The molecule has 0 bridgehead atoms. The fourth-order valence-corrected chi connectivity index (χ4v) is 2.73. The van der Waals surface area contributed by atoms with E-state index in [-0.39, 0.29) is 12.4 Å². The van der Waals surface area contributed by atoms with Gasteiger partial charge in [-0.3, -0.25) is 4.79 Å². The lowest BCUT2D eigenvalue weighted by atomic mass is 10.1. The average Bonchev–Trinajstić information content (AvgIpc) is 2.70. The summed E-state index contributed by atoms with van der Waals surface area (Å²) in [7, 11) is 1.55. The highest BCUT2D eigenvalue weighted by Crippen LogP contribution is 2.26. The molecule has 2 rings (SSSR count). The van der Waals surface area contributed by atoms with Crippen molar-refractivity contribution in [3.05, 3.63) is 35.2 Å². The van der Waals surface area contributed by atoms with Gasteiger partial charge in [-0.25, -0.2) is 0 Å². The first-order chi connectivity index (χ1) is 7.81. The molecular weight excluding hydrogens is 220 g/mol. The Bertz CT molecular complexity index is 487. The van der Waals surface area contributed by atoms with Crippen LogP contribution in [-0.4, -0.2) is 19.5 Å². The van der Waals surface area contributed by atoms with Crippen molar-refractivity contribution in [1.29, 1.82) is 0 Å². The van der Waals surface area contributed by atoms with Gasteiger partial charge in [-0.2, -0.15) is 0 Å². The SMILES string of the molecule is COCC(=O)CCc1csc2ccccc12. The fourth-order valence-electron chi connectivity index (χ4n) is 1.73. The molecule has 0 spiro atoms. The van der Waals surface area contributed by atoms with E-state index in [0.29, 0.717) is 6.42 Å². The predicted molar refractivity (Wildman–Crippen MR) is 67.0 cm³/mol. The molecule has 2 aromatic rings. The summed E-state index contributed by atoms with van der Waals surface area (Å²) in [6.45, 7) is 0.224. The van der Waals surface area contributed by atoms with Crippen LogP contribution in [0.2, 0.25) is 0 Å². The molecule has 1 aromatic heterocycles. The van der Waals surface area contributed by atoms with Crippen molar-refractivity contribution in [1.82, 2.24) is 0 Å². The molecule has 0 aliphatic carbocycles. The normalized spacial score (nSPS) is 10.8. The smallest absolute Gasteiger partial charge is 0.158 e. The zero-order valence-corrected chi connectivity index (χ0v) is 10.0. The van der Waals surface area contributed by atoms with Gasteiger partial charge >= 0.3 is 0 Å². The topological polar surface area (TPSA) is 26.3 Å². The van der Waals surface area contributed by atoms with E-state index < -0.39 is 0 Å². The van der Waals surface area contributed by atoms with Crippen molar-refractivity contribution in [2.75, 3.05) is 13.7 Å². The van der Waals surface area contributed by atoms with Gasteiger partial charge in [0.05, 0.1) is 0 Å². The maximum absolute atomic E-state index is 11.4. The second-order valence-electron chi connectivity index (χ2n) is 3.73. The number of ether oxygens (including phenoxy) is 1. The van der Waals surface area contributed by atoms with Crippen LogP contribution in [-0.2, 0) is 16.0 Å². The minimum atomic E-state index is 0.165. The lowest BCUT2D eigenvalue weighted by Gasteiger charge is -1.99. The quantitative estimate of drug-likeness (QED) is 0.794. The summed E-state index contributed by atoms with van der Waals surface area (Å²) in [6, 6.07) is 8.30. The third-order valence-electron chi connectivity index (χ3n) is 2.54. The van der Waals surface area contributed by atoms with Gasteiger partial charge in [0.25, 0.3) is 0 Å². The highest BCUT2D eigenvalue weighted by Gasteiger charge is 2.06. The molecule has 0 saturated heterocycles. The van der Waals surface area contributed by atoms with Crippen LogP contribution < -0.4 is 0 Å². The number of hydrogen-bond acceptors (Lipinski definition) is 3. The number of carbonyl (C=O) groups is 1. The van der Waals surface area contributed by atoms with Gasteiger partial charge in [0.1, 0.15) is 6.61 Å². The average molecular weight is 234 g/mol. The molecule has 1 aromatic carbocycles. The maximum Gasteiger partial charge on any atom is 0.158 e. The number of aryl methyl sites for hydroxylation is 1. The highest BCUT2D eigenvalue weighted by atomic mass is 32.1. The lowest BCUT2D eigenvalue weighted by molar-refractivity contribution is -0.122. The van der Waals surface area contributed by atoms with Gasteiger partial charge in [-0.05, 0) is 28.8 Å². The number of benzene rings is 1. The molecule has 0 aliphatic rings. The molecule has 2 nitrogen and oxygen atoms in total. The van der Waals surface area contributed by atoms with E-state index >= 15 is 0 Å². The van der Waals surface area contributed by atoms with E-state index in [2.05, 4.69) is 17.5 Å². The lowest BCUT2D eigenvalue weighted by Crippen LogP contribution is -2.07. The summed E-state index contributed by atoms with van der Waals surface area (Å²) < 4.78 is 6.10. The van der Waals surface area contributed by atoms with Crippen LogP contribution in [0.4, 0.5) is 0 Å². The van der Waals surface area contributed by atoms with E-state index in [4.69, 9.17) is 4.74 Å². The zero-order valence-electron chi connectivity index (χ0n) is 9.23. The van der Waals surface area contributed by atoms with Crippen molar-refractivity contribution < 1.29 is 9.53 Å². The Labute approximate surface area is 98.9 Å². The van der Waals surface area contributed by atoms with Gasteiger partial charge in [0.15, 0.2) is 5.78 Å². The number of rotatable bonds is 5. The Kier molecular flexibility index (Phi) is 3.70. The third-order valence-corrected chi connectivity index (χ3v) is 3.55. The molecule has 1 heterocycles.